The fraction of sp³-hybridized carbons (Fsp3) is 0.278. The van der Waals surface area contributed by atoms with Crippen LogP contribution >= 0.6 is 0 Å². The van der Waals surface area contributed by atoms with Crippen molar-refractivity contribution in [3.63, 3.8) is 0 Å². The first-order valence-corrected chi connectivity index (χ1v) is 9.75. The third kappa shape index (κ3) is 6.00. The lowest BCUT2D eigenvalue weighted by molar-refractivity contribution is 0.0944. The molecule has 0 heterocycles. The van der Waals surface area contributed by atoms with E-state index in [0.29, 0.717) is 37.8 Å². The lowest BCUT2D eigenvalue weighted by Gasteiger charge is -2.09. The fourth-order valence-corrected chi connectivity index (χ4v) is 3.24. The third-order valence-corrected chi connectivity index (χ3v) is 4.93. The molecule has 0 saturated heterocycles. The molecule has 2 N–H and O–H groups in total. The van der Waals surface area contributed by atoms with Gasteiger partial charge in [0.05, 0.1) is 4.90 Å². The number of carbonyl (C=O) groups is 1. The number of halogens is 2. The van der Waals surface area contributed by atoms with Gasteiger partial charge in [-0.3, -0.25) is 9.52 Å². The second-order valence-electron chi connectivity index (χ2n) is 5.57. The summed E-state index contributed by atoms with van der Waals surface area (Å²) in [5, 5.41) is 2.73. The van der Waals surface area contributed by atoms with Crippen LogP contribution in [0.2, 0.25) is 0 Å². The number of nitrogens with one attached hydrogen (secondary N) is 2. The van der Waals surface area contributed by atoms with E-state index in [0.717, 1.165) is 12.1 Å². The topological polar surface area (TPSA) is 84.5 Å². The number of sulfonamides is 1. The molecule has 6 nitrogen and oxygen atoms in total. The number of hydrogen-bond donors (Lipinski definition) is 2. The van der Waals surface area contributed by atoms with Gasteiger partial charge in [-0.2, -0.15) is 0 Å². The van der Waals surface area contributed by atoms with Gasteiger partial charge in [-0.15, -0.1) is 0 Å². The maximum Gasteiger partial charge on any atom is 0.261 e. The minimum Gasteiger partial charge on any atom is -0.382 e. The highest BCUT2D eigenvalue weighted by Crippen LogP contribution is 2.18. The van der Waals surface area contributed by atoms with Crippen molar-refractivity contribution in [2.24, 2.45) is 0 Å². The van der Waals surface area contributed by atoms with Crippen LogP contribution in [-0.4, -0.2) is 34.1 Å². The van der Waals surface area contributed by atoms with E-state index in [1.807, 2.05) is 6.92 Å². The SMILES string of the molecule is CCOCCCNC(=O)c1ccc(NS(=O)(=O)c2ccc(F)c(F)c2)cc1. The summed E-state index contributed by atoms with van der Waals surface area (Å²) in [6, 6.07) is 8.04. The number of hydrogen-bond acceptors (Lipinski definition) is 4. The van der Waals surface area contributed by atoms with Crippen LogP contribution in [-0.2, 0) is 14.8 Å². The molecule has 0 aromatic heterocycles. The van der Waals surface area contributed by atoms with Crippen molar-refractivity contribution in [1.29, 1.82) is 0 Å². The normalized spacial score (nSPS) is 11.2. The zero-order valence-corrected chi connectivity index (χ0v) is 15.5. The Kier molecular flexibility index (Phi) is 7.26. The van der Waals surface area contributed by atoms with Gasteiger partial charge in [0.1, 0.15) is 0 Å². The zero-order chi connectivity index (χ0) is 19.9. The van der Waals surface area contributed by atoms with Crippen LogP contribution in [0, 0.1) is 11.6 Å². The summed E-state index contributed by atoms with van der Waals surface area (Å²) in [4.78, 5) is 11.6. The summed E-state index contributed by atoms with van der Waals surface area (Å²) in [5.41, 5.74) is 0.551. The predicted molar refractivity (Wildman–Crippen MR) is 97.1 cm³/mol. The molecule has 1 amide bonds. The molecule has 146 valence electrons. The Morgan fingerprint density at radius 3 is 2.41 bits per heavy atom. The van der Waals surface area contributed by atoms with Gasteiger partial charge in [0.25, 0.3) is 15.9 Å². The van der Waals surface area contributed by atoms with E-state index in [-0.39, 0.29) is 11.6 Å². The molecule has 2 aromatic rings. The summed E-state index contributed by atoms with van der Waals surface area (Å²) >= 11 is 0. The molecule has 2 aromatic carbocycles. The number of ether oxygens (including phenoxy) is 1. The first-order valence-electron chi connectivity index (χ1n) is 8.27. The van der Waals surface area contributed by atoms with Crippen LogP contribution in [0.5, 0.6) is 0 Å². The Balaban J connectivity index is 1.98. The van der Waals surface area contributed by atoms with Crippen molar-refractivity contribution in [2.45, 2.75) is 18.2 Å². The number of anilines is 1. The second kappa shape index (κ2) is 9.43. The van der Waals surface area contributed by atoms with Gasteiger partial charge in [0, 0.05) is 31.0 Å². The van der Waals surface area contributed by atoms with E-state index in [1.54, 1.807) is 0 Å². The monoisotopic (exact) mass is 398 g/mol. The van der Waals surface area contributed by atoms with E-state index in [1.165, 1.54) is 24.3 Å². The van der Waals surface area contributed by atoms with E-state index < -0.39 is 26.6 Å². The lowest BCUT2D eigenvalue weighted by atomic mass is 10.2. The number of benzene rings is 2. The maximum atomic E-state index is 13.2. The number of rotatable bonds is 9. The number of amides is 1. The third-order valence-electron chi connectivity index (χ3n) is 3.56. The van der Waals surface area contributed by atoms with Crippen LogP contribution in [0.1, 0.15) is 23.7 Å². The van der Waals surface area contributed by atoms with Gasteiger partial charge in [-0.25, -0.2) is 17.2 Å². The Morgan fingerprint density at radius 2 is 1.78 bits per heavy atom. The molecule has 0 aliphatic rings. The molecule has 0 bridgehead atoms. The summed E-state index contributed by atoms with van der Waals surface area (Å²) in [6.45, 7) is 3.53. The summed E-state index contributed by atoms with van der Waals surface area (Å²) in [7, 11) is -4.08. The molecule has 0 radical (unpaired) electrons. The van der Waals surface area contributed by atoms with Gasteiger partial charge in [0.15, 0.2) is 11.6 Å². The van der Waals surface area contributed by atoms with Gasteiger partial charge in [0.2, 0.25) is 0 Å². The zero-order valence-electron chi connectivity index (χ0n) is 14.7. The largest absolute Gasteiger partial charge is 0.382 e. The summed E-state index contributed by atoms with van der Waals surface area (Å²) < 4.78 is 58.1. The van der Waals surface area contributed by atoms with Crippen LogP contribution < -0.4 is 10.0 Å². The van der Waals surface area contributed by atoms with Crippen molar-refractivity contribution < 1.29 is 26.7 Å². The van der Waals surface area contributed by atoms with Gasteiger partial charge in [-0.05, 0) is 55.8 Å². The maximum absolute atomic E-state index is 13.2. The van der Waals surface area contributed by atoms with Gasteiger partial charge < -0.3 is 10.1 Å². The van der Waals surface area contributed by atoms with Crippen molar-refractivity contribution >= 4 is 21.6 Å². The number of carbonyl (C=O) groups excluding carboxylic acids is 1. The highest BCUT2D eigenvalue weighted by Gasteiger charge is 2.17. The second-order valence-corrected chi connectivity index (χ2v) is 7.25. The minimum atomic E-state index is -4.08. The first-order chi connectivity index (χ1) is 12.8. The van der Waals surface area contributed by atoms with Crippen LogP contribution in [0.3, 0.4) is 0 Å². The van der Waals surface area contributed by atoms with Crippen LogP contribution in [0.15, 0.2) is 47.4 Å². The molecule has 0 unspecified atom stereocenters. The van der Waals surface area contributed by atoms with E-state index in [2.05, 4.69) is 10.0 Å². The Hall–Kier alpha value is -2.52. The average Bonchev–Trinajstić information content (AvgIpc) is 2.64. The van der Waals surface area contributed by atoms with Crippen molar-refractivity contribution in [1.82, 2.24) is 5.32 Å². The fourth-order valence-electron chi connectivity index (χ4n) is 2.17. The Labute approximate surface area is 156 Å². The first kappa shape index (κ1) is 20.8. The molecule has 9 heteroatoms. The minimum absolute atomic E-state index is 0.188. The Bertz CT molecular complexity index is 887. The molecule has 0 aliphatic carbocycles. The van der Waals surface area contributed by atoms with Crippen molar-refractivity contribution in [3.8, 4) is 0 Å². The van der Waals surface area contributed by atoms with Crippen LogP contribution in [0.25, 0.3) is 0 Å². The Morgan fingerprint density at radius 1 is 1.07 bits per heavy atom. The molecule has 0 fully saturated rings. The average molecular weight is 398 g/mol. The quantitative estimate of drug-likeness (QED) is 0.636. The predicted octanol–water partition coefficient (Wildman–Crippen LogP) is 2.92. The standard InChI is InChI=1S/C18H20F2N2O4S/c1-2-26-11-3-10-21-18(23)13-4-6-14(7-5-13)22-27(24,25)15-8-9-16(19)17(20)12-15/h4-9,12,22H,2-3,10-11H2,1H3,(H,21,23). The molecular formula is C18H20F2N2O4S. The van der Waals surface area contributed by atoms with Crippen molar-refractivity contribution in [3.05, 3.63) is 59.7 Å². The molecule has 0 spiro atoms. The molecular weight excluding hydrogens is 378 g/mol. The summed E-state index contributed by atoms with van der Waals surface area (Å²) in [5.74, 6) is -2.68. The van der Waals surface area contributed by atoms with E-state index in [4.69, 9.17) is 4.74 Å². The molecule has 0 atom stereocenters. The van der Waals surface area contributed by atoms with Crippen LogP contribution in [0.4, 0.5) is 14.5 Å². The molecule has 27 heavy (non-hydrogen) atoms. The molecule has 0 saturated carbocycles. The van der Waals surface area contributed by atoms with Crippen molar-refractivity contribution in [2.75, 3.05) is 24.5 Å². The smallest absolute Gasteiger partial charge is 0.261 e. The van der Waals surface area contributed by atoms with E-state index in [9.17, 15) is 22.0 Å². The highest BCUT2D eigenvalue weighted by atomic mass is 32.2. The van der Waals surface area contributed by atoms with Gasteiger partial charge >= 0.3 is 0 Å². The van der Waals surface area contributed by atoms with E-state index >= 15 is 0 Å². The van der Waals surface area contributed by atoms with Gasteiger partial charge in [-0.1, -0.05) is 0 Å². The summed E-state index contributed by atoms with van der Waals surface area (Å²) in [6.07, 6.45) is 0.686. The molecule has 0 aliphatic heterocycles. The molecule has 2 rings (SSSR count). The highest BCUT2D eigenvalue weighted by molar-refractivity contribution is 7.92. The lowest BCUT2D eigenvalue weighted by Crippen LogP contribution is -2.25.